The Morgan fingerprint density at radius 2 is 1.80 bits per heavy atom. The standard InChI is InChI=1S/C32H35N3O5/c1-34-31(38-2)28-25-14-8-13-23-24(15-9-19-40-27-16-7-11-21-10-3-4-12-22(21)27)30(32(36)37)35(29(23)25)17-5-6-18-39-20-26(28)33-34/h3-4,7-8,10-14,16,32,36-37H,5-6,9,15,17-20H2,1-2H3. The predicted octanol–water partition coefficient (Wildman–Crippen LogP) is 5.51. The third-order valence-corrected chi connectivity index (χ3v) is 7.74. The minimum atomic E-state index is -1.61. The lowest BCUT2D eigenvalue weighted by Crippen LogP contribution is -2.11. The molecule has 0 amide bonds. The second-order valence-electron chi connectivity index (χ2n) is 10.2. The minimum Gasteiger partial charge on any atom is -0.493 e. The lowest BCUT2D eigenvalue weighted by Gasteiger charge is -2.15. The lowest BCUT2D eigenvalue weighted by atomic mass is 9.99. The van der Waals surface area contributed by atoms with Crippen LogP contribution in [0.15, 0.2) is 60.7 Å². The molecule has 0 unspecified atom stereocenters. The second kappa shape index (κ2) is 11.3. The van der Waals surface area contributed by atoms with Crippen LogP contribution in [0.5, 0.6) is 11.6 Å². The molecule has 0 atom stereocenters. The number of hydrogen-bond donors (Lipinski definition) is 2. The van der Waals surface area contributed by atoms with Crippen LogP contribution < -0.4 is 9.47 Å². The van der Waals surface area contributed by atoms with Crippen LogP contribution >= 0.6 is 0 Å². The summed E-state index contributed by atoms with van der Waals surface area (Å²) in [4.78, 5) is 0. The fourth-order valence-electron chi connectivity index (χ4n) is 6.05. The van der Waals surface area contributed by atoms with Gasteiger partial charge in [0.1, 0.15) is 11.4 Å². The van der Waals surface area contributed by atoms with Gasteiger partial charge < -0.3 is 29.0 Å². The summed E-state index contributed by atoms with van der Waals surface area (Å²) in [7, 11) is 3.51. The maximum absolute atomic E-state index is 10.7. The Balaban J connectivity index is 1.40. The van der Waals surface area contributed by atoms with Gasteiger partial charge in [-0.3, -0.25) is 0 Å². The number of aliphatic hydroxyl groups is 2. The van der Waals surface area contributed by atoms with Crippen molar-refractivity contribution in [3.8, 4) is 22.8 Å². The van der Waals surface area contributed by atoms with E-state index in [1.165, 1.54) is 0 Å². The Kier molecular flexibility index (Phi) is 7.47. The Hall–Kier alpha value is -3.85. The molecule has 0 radical (unpaired) electrons. The summed E-state index contributed by atoms with van der Waals surface area (Å²) >= 11 is 0. The van der Waals surface area contributed by atoms with Crippen LogP contribution in [0.1, 0.15) is 42.5 Å². The number of aliphatic hydroxyl groups excluding tert-OH is 1. The number of hydrogen-bond acceptors (Lipinski definition) is 6. The van der Waals surface area contributed by atoms with Gasteiger partial charge in [0.25, 0.3) is 0 Å². The molecule has 8 heteroatoms. The third-order valence-electron chi connectivity index (χ3n) is 7.74. The van der Waals surface area contributed by atoms with Crippen molar-refractivity contribution >= 4 is 21.7 Å². The highest BCUT2D eigenvalue weighted by molar-refractivity contribution is 5.99. The molecule has 6 rings (SSSR count). The van der Waals surface area contributed by atoms with Crippen molar-refractivity contribution in [1.82, 2.24) is 14.3 Å². The zero-order valence-corrected chi connectivity index (χ0v) is 23.0. The SMILES string of the molecule is COc1c2c(nn1C)COCCCCn1c(C(O)O)c(CCCOc3cccc4ccccc34)c3cccc-2c31. The van der Waals surface area contributed by atoms with Gasteiger partial charge in [-0.1, -0.05) is 54.6 Å². The van der Waals surface area contributed by atoms with Gasteiger partial charge in [0.05, 0.1) is 37.1 Å². The normalized spacial score (nSPS) is 13.9. The minimum absolute atomic E-state index is 0.386. The summed E-state index contributed by atoms with van der Waals surface area (Å²) in [5.41, 5.74) is 5.06. The van der Waals surface area contributed by atoms with Gasteiger partial charge in [-0.15, -0.1) is 0 Å². The Bertz CT molecular complexity index is 1650. The first-order valence-electron chi connectivity index (χ1n) is 13.9. The van der Waals surface area contributed by atoms with Crippen molar-refractivity contribution in [2.24, 2.45) is 7.05 Å². The monoisotopic (exact) mass is 541 g/mol. The summed E-state index contributed by atoms with van der Waals surface area (Å²) < 4.78 is 21.8. The van der Waals surface area contributed by atoms with E-state index in [0.717, 1.165) is 69.1 Å². The van der Waals surface area contributed by atoms with Crippen molar-refractivity contribution in [2.75, 3.05) is 20.3 Å². The highest BCUT2D eigenvalue weighted by atomic mass is 16.5. The summed E-state index contributed by atoms with van der Waals surface area (Å²) in [6.07, 6.45) is 1.47. The van der Waals surface area contributed by atoms with E-state index < -0.39 is 6.29 Å². The van der Waals surface area contributed by atoms with Gasteiger partial charge in [-0.05, 0) is 42.7 Å². The predicted molar refractivity (Wildman–Crippen MR) is 155 cm³/mol. The van der Waals surface area contributed by atoms with E-state index in [4.69, 9.17) is 19.3 Å². The number of aromatic nitrogens is 3. The molecule has 40 heavy (non-hydrogen) atoms. The zero-order chi connectivity index (χ0) is 27.6. The maximum atomic E-state index is 10.7. The molecule has 3 heterocycles. The van der Waals surface area contributed by atoms with Gasteiger partial charge in [0.2, 0.25) is 5.88 Å². The maximum Gasteiger partial charge on any atom is 0.219 e. The Labute approximate surface area is 233 Å². The molecule has 0 fully saturated rings. The topological polar surface area (TPSA) is 90.9 Å². The number of nitrogens with zero attached hydrogens (tertiary/aromatic N) is 3. The van der Waals surface area contributed by atoms with Gasteiger partial charge >= 0.3 is 0 Å². The van der Waals surface area contributed by atoms with E-state index >= 15 is 0 Å². The van der Waals surface area contributed by atoms with Crippen LogP contribution in [0, 0.1) is 0 Å². The summed E-state index contributed by atoms with van der Waals surface area (Å²) in [5.74, 6) is 1.51. The quantitative estimate of drug-likeness (QED) is 0.209. The molecule has 3 aromatic carbocycles. The molecular formula is C32H35N3O5. The largest absolute Gasteiger partial charge is 0.493 e. The first-order chi connectivity index (χ1) is 19.6. The number of rotatable bonds is 7. The van der Waals surface area contributed by atoms with Gasteiger partial charge in [-0.2, -0.15) is 5.10 Å². The molecular weight excluding hydrogens is 506 g/mol. The molecule has 1 aliphatic rings. The van der Waals surface area contributed by atoms with Crippen molar-refractivity contribution < 1.29 is 24.4 Å². The van der Waals surface area contributed by atoms with Crippen LogP contribution in [-0.2, 0) is 31.4 Å². The van der Waals surface area contributed by atoms with E-state index in [1.807, 2.05) is 37.4 Å². The molecule has 2 aromatic heterocycles. The van der Waals surface area contributed by atoms with E-state index in [0.29, 0.717) is 44.4 Å². The molecule has 0 saturated carbocycles. The smallest absolute Gasteiger partial charge is 0.219 e. The van der Waals surface area contributed by atoms with Crippen molar-refractivity contribution in [2.45, 2.75) is 45.1 Å². The summed E-state index contributed by atoms with van der Waals surface area (Å²) in [6, 6.07) is 20.4. The molecule has 8 nitrogen and oxygen atoms in total. The summed E-state index contributed by atoms with van der Waals surface area (Å²) in [6.45, 7) is 2.15. The molecule has 0 saturated heterocycles. The molecule has 208 valence electrons. The second-order valence-corrected chi connectivity index (χ2v) is 10.2. The number of methoxy groups -OCH3 is 1. The van der Waals surface area contributed by atoms with Crippen LogP contribution in [0.2, 0.25) is 0 Å². The highest BCUT2D eigenvalue weighted by Gasteiger charge is 2.27. The van der Waals surface area contributed by atoms with Gasteiger partial charge in [0.15, 0.2) is 6.29 Å². The van der Waals surface area contributed by atoms with Crippen LogP contribution in [0.25, 0.3) is 32.8 Å². The van der Waals surface area contributed by atoms with Crippen molar-refractivity contribution in [1.29, 1.82) is 0 Å². The molecule has 0 aliphatic carbocycles. The number of aryl methyl sites for hydroxylation is 3. The molecule has 0 spiro atoms. The molecule has 0 bridgehead atoms. The van der Waals surface area contributed by atoms with Crippen LogP contribution in [0.4, 0.5) is 0 Å². The molecule has 1 aliphatic heterocycles. The van der Waals surface area contributed by atoms with E-state index in [1.54, 1.807) is 11.8 Å². The average Bonchev–Trinajstić information content (AvgIpc) is 3.45. The van der Waals surface area contributed by atoms with Gasteiger partial charge in [0, 0.05) is 36.5 Å². The van der Waals surface area contributed by atoms with Crippen LogP contribution in [-0.4, -0.2) is 44.9 Å². The fraction of sp³-hybridized carbons (Fsp3) is 0.344. The summed E-state index contributed by atoms with van der Waals surface area (Å²) in [5, 5.41) is 29.3. The highest BCUT2D eigenvalue weighted by Crippen LogP contribution is 2.42. The third kappa shape index (κ3) is 4.72. The first kappa shape index (κ1) is 26.4. The molecule has 5 aromatic rings. The Morgan fingerprint density at radius 1 is 1.00 bits per heavy atom. The first-order valence-corrected chi connectivity index (χ1v) is 13.9. The number of ether oxygens (including phenoxy) is 3. The lowest BCUT2D eigenvalue weighted by molar-refractivity contribution is -0.0488. The molecule has 2 N–H and O–H groups in total. The van der Waals surface area contributed by atoms with Crippen molar-refractivity contribution in [3.05, 3.63) is 77.6 Å². The van der Waals surface area contributed by atoms with Crippen LogP contribution in [0.3, 0.4) is 0 Å². The van der Waals surface area contributed by atoms with E-state index in [2.05, 4.69) is 34.9 Å². The van der Waals surface area contributed by atoms with Gasteiger partial charge in [-0.25, -0.2) is 4.68 Å². The zero-order valence-electron chi connectivity index (χ0n) is 23.0. The number of benzene rings is 3. The number of fused-ring (bicyclic) bond motifs is 3. The van der Waals surface area contributed by atoms with E-state index in [9.17, 15) is 10.2 Å². The average molecular weight is 542 g/mol. The van der Waals surface area contributed by atoms with E-state index in [-0.39, 0.29) is 0 Å². The number of para-hydroxylation sites is 1. The fourth-order valence-corrected chi connectivity index (χ4v) is 6.05. The van der Waals surface area contributed by atoms with Crippen molar-refractivity contribution in [3.63, 3.8) is 0 Å². The Morgan fingerprint density at radius 3 is 2.65 bits per heavy atom.